The summed E-state index contributed by atoms with van der Waals surface area (Å²) in [4.78, 5) is 21.8. The van der Waals surface area contributed by atoms with E-state index in [1.807, 2.05) is 24.3 Å². The third kappa shape index (κ3) is 3.58. The van der Waals surface area contributed by atoms with Crippen molar-refractivity contribution in [1.82, 2.24) is 9.97 Å². The van der Waals surface area contributed by atoms with Crippen molar-refractivity contribution >= 4 is 11.6 Å². The molecule has 1 heterocycles. The van der Waals surface area contributed by atoms with Crippen LogP contribution in [0.4, 0.5) is 10.1 Å². The van der Waals surface area contributed by atoms with Crippen LogP contribution in [0.15, 0.2) is 48.5 Å². The van der Waals surface area contributed by atoms with Gasteiger partial charge in [-0.3, -0.25) is 4.79 Å². The van der Waals surface area contributed by atoms with Gasteiger partial charge >= 0.3 is 6.01 Å². The number of halogens is 1. The monoisotopic (exact) mass is 407 g/mol. The summed E-state index contributed by atoms with van der Waals surface area (Å²) in [6.45, 7) is 3.50. The molecule has 1 aliphatic rings. The van der Waals surface area contributed by atoms with E-state index in [4.69, 9.17) is 9.47 Å². The van der Waals surface area contributed by atoms with Gasteiger partial charge in [0.05, 0.1) is 29.6 Å². The number of rotatable bonds is 6. The minimum atomic E-state index is -0.617. The number of ether oxygens (including phenoxy) is 2. The van der Waals surface area contributed by atoms with E-state index < -0.39 is 11.2 Å². The lowest BCUT2D eigenvalue weighted by Crippen LogP contribution is -2.29. The molecule has 6 nitrogen and oxygen atoms in total. The first-order valence-electron chi connectivity index (χ1n) is 9.67. The number of aromatic nitrogens is 2. The number of amides is 1. The summed E-state index contributed by atoms with van der Waals surface area (Å²) in [5.74, 6) is 0.121. The first-order chi connectivity index (χ1) is 14.4. The number of aryl methyl sites for hydroxylation is 2. The molecule has 154 valence electrons. The number of nitrogens with one attached hydrogen (secondary N) is 1. The molecule has 3 aromatic rings. The van der Waals surface area contributed by atoms with Crippen molar-refractivity contribution < 1.29 is 18.7 Å². The van der Waals surface area contributed by atoms with Crippen molar-refractivity contribution in [3.8, 4) is 17.5 Å². The molecule has 0 aliphatic heterocycles. The van der Waals surface area contributed by atoms with Crippen molar-refractivity contribution in [2.75, 3.05) is 12.4 Å². The molecule has 1 N–H and O–H groups in total. The molecule has 0 radical (unpaired) electrons. The van der Waals surface area contributed by atoms with E-state index in [-0.39, 0.29) is 17.7 Å². The second kappa shape index (κ2) is 7.74. The number of benzene rings is 2. The van der Waals surface area contributed by atoms with Crippen molar-refractivity contribution in [3.05, 3.63) is 71.3 Å². The maximum Gasteiger partial charge on any atom is 0.322 e. The Labute approximate surface area is 174 Å². The van der Waals surface area contributed by atoms with Crippen molar-refractivity contribution in [2.24, 2.45) is 0 Å². The van der Waals surface area contributed by atoms with E-state index in [0.717, 1.165) is 18.4 Å². The molecule has 1 aliphatic carbocycles. The van der Waals surface area contributed by atoms with Crippen LogP contribution in [0.5, 0.6) is 17.5 Å². The van der Waals surface area contributed by atoms with Crippen LogP contribution in [-0.2, 0) is 10.2 Å². The Morgan fingerprint density at radius 1 is 1.00 bits per heavy atom. The summed E-state index contributed by atoms with van der Waals surface area (Å²) in [5.41, 5.74) is 1.87. The van der Waals surface area contributed by atoms with E-state index in [9.17, 15) is 9.18 Å². The van der Waals surface area contributed by atoms with Crippen LogP contribution in [0.25, 0.3) is 0 Å². The Kier molecular flexibility index (Phi) is 5.11. The number of carbonyl (C=O) groups excluding carboxylic acids is 1. The van der Waals surface area contributed by atoms with Crippen LogP contribution in [0, 0.1) is 19.7 Å². The zero-order valence-corrected chi connectivity index (χ0v) is 17.0. The minimum Gasteiger partial charge on any atom is -0.496 e. The molecule has 0 atom stereocenters. The van der Waals surface area contributed by atoms with Crippen molar-refractivity contribution in [2.45, 2.75) is 32.1 Å². The van der Waals surface area contributed by atoms with Crippen molar-refractivity contribution in [3.63, 3.8) is 0 Å². The number of methoxy groups -OCH3 is 1. The molecule has 0 saturated heterocycles. The average molecular weight is 407 g/mol. The molecule has 1 aromatic heterocycles. The summed E-state index contributed by atoms with van der Waals surface area (Å²) in [5, 5.41) is 2.98. The zero-order valence-electron chi connectivity index (χ0n) is 17.0. The van der Waals surface area contributed by atoms with Crippen LogP contribution in [0.3, 0.4) is 0 Å². The fourth-order valence-corrected chi connectivity index (χ4v) is 3.55. The van der Waals surface area contributed by atoms with Crippen LogP contribution in [-0.4, -0.2) is 23.0 Å². The maximum atomic E-state index is 13.8. The fourth-order valence-electron chi connectivity index (χ4n) is 3.55. The largest absolute Gasteiger partial charge is 0.496 e. The van der Waals surface area contributed by atoms with Gasteiger partial charge in [-0.15, -0.1) is 0 Å². The molecule has 2 aromatic carbocycles. The molecule has 30 heavy (non-hydrogen) atoms. The van der Waals surface area contributed by atoms with Gasteiger partial charge in [0.1, 0.15) is 5.75 Å². The molecule has 0 unspecified atom stereocenters. The van der Waals surface area contributed by atoms with E-state index in [2.05, 4.69) is 15.3 Å². The predicted molar refractivity (Wildman–Crippen MR) is 111 cm³/mol. The first-order valence-corrected chi connectivity index (χ1v) is 9.67. The SMILES string of the molecule is COc1ccccc1C1(C(=O)Nc2c(C)nc(Oc3ccccc3F)nc2C)CC1. The van der Waals surface area contributed by atoms with Crippen LogP contribution in [0.1, 0.15) is 29.8 Å². The molecule has 1 saturated carbocycles. The highest BCUT2D eigenvalue weighted by atomic mass is 19.1. The molecule has 7 heteroatoms. The molecule has 1 amide bonds. The van der Waals surface area contributed by atoms with Crippen LogP contribution >= 0.6 is 0 Å². The van der Waals surface area contributed by atoms with Crippen LogP contribution < -0.4 is 14.8 Å². The predicted octanol–water partition coefficient (Wildman–Crippen LogP) is 4.70. The average Bonchev–Trinajstić information content (AvgIpc) is 3.54. The van der Waals surface area contributed by atoms with E-state index in [1.165, 1.54) is 12.1 Å². The third-order valence-electron chi connectivity index (χ3n) is 5.33. The summed E-state index contributed by atoms with van der Waals surface area (Å²) in [6, 6.07) is 13.6. The lowest BCUT2D eigenvalue weighted by Gasteiger charge is -2.20. The summed E-state index contributed by atoms with van der Waals surface area (Å²) < 4.78 is 24.8. The van der Waals surface area contributed by atoms with Gasteiger partial charge < -0.3 is 14.8 Å². The summed E-state index contributed by atoms with van der Waals surface area (Å²) in [6.07, 6.45) is 1.49. The highest BCUT2D eigenvalue weighted by Crippen LogP contribution is 2.52. The van der Waals surface area contributed by atoms with E-state index in [0.29, 0.717) is 22.8 Å². The van der Waals surface area contributed by atoms with Gasteiger partial charge in [0.2, 0.25) is 5.91 Å². The summed E-state index contributed by atoms with van der Waals surface area (Å²) >= 11 is 0. The lowest BCUT2D eigenvalue weighted by atomic mass is 9.93. The Morgan fingerprint density at radius 2 is 1.60 bits per heavy atom. The standard InChI is InChI=1S/C23H22FN3O3/c1-14-20(15(2)26-22(25-14)30-19-11-7-5-9-17(19)24)27-21(28)23(12-13-23)16-8-4-6-10-18(16)29-3/h4-11H,12-13H2,1-3H3,(H,27,28). The molecule has 4 rings (SSSR count). The second-order valence-electron chi connectivity index (χ2n) is 7.32. The number of hydrogen-bond acceptors (Lipinski definition) is 5. The minimum absolute atomic E-state index is 0.0268. The molecular formula is C23H22FN3O3. The number of hydrogen-bond donors (Lipinski definition) is 1. The fraction of sp³-hybridized carbons (Fsp3) is 0.261. The molecule has 0 bridgehead atoms. The van der Waals surface area contributed by atoms with E-state index in [1.54, 1.807) is 33.1 Å². The number of nitrogens with zero attached hydrogens (tertiary/aromatic N) is 2. The van der Waals surface area contributed by atoms with Gasteiger partial charge in [-0.2, -0.15) is 9.97 Å². The second-order valence-corrected chi connectivity index (χ2v) is 7.32. The summed E-state index contributed by atoms with van der Waals surface area (Å²) in [7, 11) is 1.60. The van der Waals surface area contributed by atoms with Crippen LogP contribution in [0.2, 0.25) is 0 Å². The van der Waals surface area contributed by atoms with Crippen molar-refractivity contribution in [1.29, 1.82) is 0 Å². The number of para-hydroxylation sites is 2. The van der Waals surface area contributed by atoms with E-state index >= 15 is 0 Å². The Morgan fingerprint density at radius 3 is 2.20 bits per heavy atom. The van der Waals surface area contributed by atoms with Gasteiger partial charge in [-0.1, -0.05) is 30.3 Å². The number of anilines is 1. The van der Waals surface area contributed by atoms with Gasteiger partial charge in [-0.25, -0.2) is 4.39 Å². The first kappa shape index (κ1) is 19.8. The van der Waals surface area contributed by atoms with Gasteiger partial charge in [0.15, 0.2) is 11.6 Å². The van der Waals surface area contributed by atoms with Gasteiger partial charge in [-0.05, 0) is 44.9 Å². The Bertz CT molecular complexity index is 1090. The highest BCUT2D eigenvalue weighted by Gasteiger charge is 2.53. The lowest BCUT2D eigenvalue weighted by molar-refractivity contribution is -0.118. The molecule has 0 spiro atoms. The molecular weight excluding hydrogens is 385 g/mol. The molecule has 1 fully saturated rings. The third-order valence-corrected chi connectivity index (χ3v) is 5.33. The topological polar surface area (TPSA) is 73.3 Å². The van der Waals surface area contributed by atoms with Gasteiger partial charge in [0.25, 0.3) is 0 Å². The Balaban J connectivity index is 1.58. The smallest absolute Gasteiger partial charge is 0.322 e. The quantitative estimate of drug-likeness (QED) is 0.641. The number of carbonyl (C=O) groups is 1. The normalized spacial score (nSPS) is 14.1. The maximum absolute atomic E-state index is 13.8. The zero-order chi connectivity index (χ0) is 21.3. The Hall–Kier alpha value is -3.48. The highest BCUT2D eigenvalue weighted by molar-refractivity contribution is 6.02. The van der Waals surface area contributed by atoms with Gasteiger partial charge in [0, 0.05) is 5.56 Å².